The van der Waals surface area contributed by atoms with Gasteiger partial charge in [0, 0.05) is 44.0 Å². The van der Waals surface area contributed by atoms with Gasteiger partial charge in [0.2, 0.25) is 5.79 Å². The second-order valence-electron chi connectivity index (χ2n) is 8.18. The Morgan fingerprint density at radius 2 is 1.66 bits per heavy atom. The van der Waals surface area contributed by atoms with Gasteiger partial charge in [-0.1, -0.05) is 6.07 Å². The topological polar surface area (TPSA) is 37.4 Å². The summed E-state index contributed by atoms with van der Waals surface area (Å²) in [6, 6.07) is 13.0. The average Bonchev–Trinajstić information content (AvgIpc) is 3.30. The van der Waals surface area contributed by atoms with E-state index in [2.05, 4.69) is 40.0 Å². The standard InChI is InChI=1S/C23H28FN3O3.C2H4/c1-28-21-7-2-18-15-26(16-23(22(18)14-21)29-12-13-30-23)17-25-8-10-27(11-9-25)20-5-3-19(24)4-6-20;1-2/h2-7,14H,8-13,15-17H2,1H3;1-2H2. The number of ether oxygens (including phenoxy) is 3. The van der Waals surface area contributed by atoms with E-state index in [1.54, 1.807) is 7.11 Å². The Morgan fingerprint density at radius 1 is 0.969 bits per heavy atom. The number of piperazine rings is 1. The molecule has 172 valence electrons. The zero-order valence-corrected chi connectivity index (χ0v) is 18.8. The highest BCUT2D eigenvalue weighted by Gasteiger charge is 2.45. The van der Waals surface area contributed by atoms with Gasteiger partial charge in [-0.3, -0.25) is 9.80 Å². The molecule has 0 unspecified atom stereocenters. The van der Waals surface area contributed by atoms with Gasteiger partial charge in [-0.25, -0.2) is 4.39 Å². The summed E-state index contributed by atoms with van der Waals surface area (Å²) in [5, 5.41) is 0. The SMILES string of the molecule is C=C.COc1ccc2c(c1)C1(CN(CN3CCN(c4ccc(F)cc4)CC3)C2)OCCO1. The minimum absolute atomic E-state index is 0.189. The highest BCUT2D eigenvalue weighted by Crippen LogP contribution is 2.40. The van der Waals surface area contributed by atoms with Crippen molar-refractivity contribution in [3.8, 4) is 5.75 Å². The van der Waals surface area contributed by atoms with Crippen LogP contribution in [0.5, 0.6) is 5.75 Å². The summed E-state index contributed by atoms with van der Waals surface area (Å²) in [7, 11) is 1.69. The van der Waals surface area contributed by atoms with E-state index in [0.717, 1.165) is 56.4 Å². The zero-order chi connectivity index (χ0) is 22.6. The number of rotatable bonds is 4. The summed E-state index contributed by atoms with van der Waals surface area (Å²) >= 11 is 0. The Kier molecular flexibility index (Phi) is 7.10. The molecule has 2 fully saturated rings. The fraction of sp³-hybridized carbons (Fsp3) is 0.440. The molecule has 3 aliphatic rings. The first-order valence-electron chi connectivity index (χ1n) is 11.1. The smallest absolute Gasteiger partial charge is 0.208 e. The van der Waals surface area contributed by atoms with Crippen LogP contribution in [-0.2, 0) is 21.8 Å². The lowest BCUT2D eigenvalue weighted by molar-refractivity contribution is -0.191. The van der Waals surface area contributed by atoms with Crippen LogP contribution in [0.2, 0.25) is 0 Å². The van der Waals surface area contributed by atoms with Gasteiger partial charge < -0.3 is 19.1 Å². The van der Waals surface area contributed by atoms with E-state index >= 15 is 0 Å². The maximum atomic E-state index is 13.2. The third-order valence-electron chi connectivity index (χ3n) is 6.27. The van der Waals surface area contributed by atoms with Gasteiger partial charge in [0.15, 0.2) is 0 Å². The largest absolute Gasteiger partial charge is 0.497 e. The van der Waals surface area contributed by atoms with Crippen LogP contribution < -0.4 is 9.64 Å². The Balaban J connectivity index is 0.00000119. The first-order chi connectivity index (χ1) is 15.6. The molecule has 2 saturated heterocycles. The quantitative estimate of drug-likeness (QED) is 0.677. The van der Waals surface area contributed by atoms with Crippen LogP contribution in [0.1, 0.15) is 11.1 Å². The maximum Gasteiger partial charge on any atom is 0.208 e. The van der Waals surface area contributed by atoms with E-state index in [4.69, 9.17) is 14.2 Å². The van der Waals surface area contributed by atoms with Crippen LogP contribution in [0.4, 0.5) is 10.1 Å². The number of benzene rings is 2. The molecule has 2 aromatic rings. The molecule has 2 aromatic carbocycles. The highest BCUT2D eigenvalue weighted by molar-refractivity contribution is 5.46. The molecule has 0 aliphatic carbocycles. The summed E-state index contributed by atoms with van der Waals surface area (Å²) in [6.07, 6.45) is 0. The highest BCUT2D eigenvalue weighted by atomic mass is 19.1. The number of methoxy groups -OCH3 is 1. The van der Waals surface area contributed by atoms with Gasteiger partial charge in [0.1, 0.15) is 11.6 Å². The van der Waals surface area contributed by atoms with E-state index < -0.39 is 5.79 Å². The van der Waals surface area contributed by atoms with Gasteiger partial charge in [-0.05, 0) is 42.0 Å². The van der Waals surface area contributed by atoms with Crippen LogP contribution >= 0.6 is 0 Å². The number of fused-ring (bicyclic) bond motifs is 2. The molecule has 0 N–H and O–H groups in total. The number of hydrogen-bond acceptors (Lipinski definition) is 6. The summed E-state index contributed by atoms with van der Waals surface area (Å²) in [5.74, 6) is -0.0545. The molecule has 7 heteroatoms. The molecule has 3 aliphatic heterocycles. The molecule has 0 saturated carbocycles. The first-order valence-corrected chi connectivity index (χ1v) is 11.1. The Bertz CT molecular complexity index is 894. The maximum absolute atomic E-state index is 13.2. The lowest BCUT2D eigenvalue weighted by Crippen LogP contribution is -2.54. The van der Waals surface area contributed by atoms with Crippen molar-refractivity contribution in [2.45, 2.75) is 12.3 Å². The predicted molar refractivity (Wildman–Crippen MR) is 123 cm³/mol. The summed E-state index contributed by atoms with van der Waals surface area (Å²) in [5.41, 5.74) is 3.41. The minimum Gasteiger partial charge on any atom is -0.497 e. The van der Waals surface area contributed by atoms with Crippen molar-refractivity contribution in [1.29, 1.82) is 0 Å². The van der Waals surface area contributed by atoms with Gasteiger partial charge in [-0.15, -0.1) is 13.2 Å². The first kappa shape index (κ1) is 22.7. The lowest BCUT2D eigenvalue weighted by atomic mass is 9.94. The Hall–Kier alpha value is -2.45. The van der Waals surface area contributed by atoms with Gasteiger partial charge in [0.25, 0.3) is 0 Å². The fourth-order valence-electron chi connectivity index (χ4n) is 4.74. The minimum atomic E-state index is -0.696. The molecular weight excluding hydrogens is 409 g/mol. The van der Waals surface area contributed by atoms with Crippen LogP contribution in [0.3, 0.4) is 0 Å². The molecule has 6 nitrogen and oxygen atoms in total. The van der Waals surface area contributed by atoms with E-state index in [-0.39, 0.29) is 5.82 Å². The molecule has 0 aromatic heterocycles. The van der Waals surface area contributed by atoms with Crippen molar-refractivity contribution < 1.29 is 18.6 Å². The van der Waals surface area contributed by atoms with E-state index in [9.17, 15) is 4.39 Å². The molecule has 0 bridgehead atoms. The van der Waals surface area contributed by atoms with Crippen LogP contribution in [0.15, 0.2) is 55.6 Å². The molecule has 0 amide bonds. The van der Waals surface area contributed by atoms with Crippen molar-refractivity contribution in [2.75, 3.05) is 64.6 Å². The Labute approximate surface area is 189 Å². The number of hydrogen-bond donors (Lipinski definition) is 0. The van der Waals surface area contributed by atoms with Crippen LogP contribution in [0, 0.1) is 5.82 Å². The van der Waals surface area contributed by atoms with Crippen molar-refractivity contribution in [3.63, 3.8) is 0 Å². The monoisotopic (exact) mass is 441 g/mol. The fourth-order valence-corrected chi connectivity index (χ4v) is 4.74. The summed E-state index contributed by atoms with van der Waals surface area (Å²) in [4.78, 5) is 7.20. The summed E-state index contributed by atoms with van der Waals surface area (Å²) < 4.78 is 30.9. The molecule has 0 atom stereocenters. The number of halogens is 1. The molecular formula is C25H32FN3O3. The second kappa shape index (κ2) is 10.0. The predicted octanol–water partition coefficient (Wildman–Crippen LogP) is 3.43. The summed E-state index contributed by atoms with van der Waals surface area (Å²) in [6.45, 7) is 13.5. The zero-order valence-electron chi connectivity index (χ0n) is 18.8. The normalized spacial score (nSPS) is 20.5. The van der Waals surface area contributed by atoms with E-state index in [0.29, 0.717) is 19.8 Å². The third-order valence-corrected chi connectivity index (χ3v) is 6.27. The molecule has 5 rings (SSSR count). The molecule has 32 heavy (non-hydrogen) atoms. The van der Waals surface area contributed by atoms with E-state index in [1.807, 2.05) is 18.2 Å². The molecule has 1 spiro atoms. The van der Waals surface area contributed by atoms with Gasteiger partial charge >= 0.3 is 0 Å². The van der Waals surface area contributed by atoms with Gasteiger partial charge in [-0.2, -0.15) is 0 Å². The van der Waals surface area contributed by atoms with Crippen molar-refractivity contribution in [1.82, 2.24) is 9.80 Å². The molecule has 0 radical (unpaired) electrons. The van der Waals surface area contributed by atoms with Gasteiger partial charge in [0.05, 0.1) is 33.5 Å². The number of anilines is 1. The van der Waals surface area contributed by atoms with Crippen molar-refractivity contribution in [2.24, 2.45) is 0 Å². The average molecular weight is 442 g/mol. The molecule has 3 heterocycles. The van der Waals surface area contributed by atoms with Crippen molar-refractivity contribution >= 4 is 5.69 Å². The second-order valence-corrected chi connectivity index (χ2v) is 8.18. The third kappa shape index (κ3) is 4.66. The van der Waals surface area contributed by atoms with E-state index in [1.165, 1.54) is 17.7 Å². The lowest BCUT2D eigenvalue weighted by Gasteiger charge is -2.43. The number of nitrogens with zero attached hydrogens (tertiary/aromatic N) is 3. The van der Waals surface area contributed by atoms with Crippen molar-refractivity contribution in [3.05, 3.63) is 72.6 Å². The van der Waals surface area contributed by atoms with Crippen LogP contribution in [0.25, 0.3) is 0 Å². The Morgan fingerprint density at radius 3 is 2.31 bits per heavy atom. The van der Waals surface area contributed by atoms with Crippen LogP contribution in [-0.4, -0.2) is 69.5 Å².